The molecule has 266 valence electrons. The Bertz CT molecular complexity index is 1790. The Hall–Kier alpha value is -4.79. The minimum atomic E-state index is -1.39. The van der Waals surface area contributed by atoms with Gasteiger partial charge < -0.3 is 39.4 Å². The summed E-state index contributed by atoms with van der Waals surface area (Å²) in [7, 11) is 6.86. The normalized spacial score (nSPS) is 19.7. The number of hydrogen-bond donors (Lipinski definition) is 3. The maximum atomic E-state index is 13.1. The SMILES string of the molecule is COc1ccc(C(OC[C@@H]2O[C@H](n3cc(C)c(=O)[nH]c3=O)C(OC(CCN(C)C)C(N)=O)C2O)(c2ccccc2)c2ccc(OC)cc2)cc1. The van der Waals surface area contributed by atoms with E-state index in [9.17, 15) is 19.5 Å². The van der Waals surface area contributed by atoms with Crippen molar-refractivity contribution < 1.29 is 33.6 Å². The lowest BCUT2D eigenvalue weighted by molar-refractivity contribution is -0.145. The third-order valence-electron chi connectivity index (χ3n) is 8.85. The lowest BCUT2D eigenvalue weighted by Gasteiger charge is -2.37. The number of methoxy groups -OCH3 is 2. The van der Waals surface area contributed by atoms with E-state index in [1.165, 1.54) is 13.1 Å². The molecule has 0 bridgehead atoms. The Morgan fingerprint density at radius 2 is 1.52 bits per heavy atom. The van der Waals surface area contributed by atoms with Gasteiger partial charge in [-0.2, -0.15) is 0 Å². The van der Waals surface area contributed by atoms with Gasteiger partial charge in [-0.05, 0) is 68.4 Å². The average Bonchev–Trinajstić information content (AvgIpc) is 3.42. The molecule has 3 unspecified atom stereocenters. The molecule has 4 aromatic rings. The van der Waals surface area contributed by atoms with E-state index in [4.69, 9.17) is 29.4 Å². The summed E-state index contributed by atoms with van der Waals surface area (Å²) in [5.74, 6) is 0.579. The number of ether oxygens (including phenoxy) is 5. The summed E-state index contributed by atoms with van der Waals surface area (Å²) in [4.78, 5) is 42.0. The van der Waals surface area contributed by atoms with Crippen LogP contribution in [-0.2, 0) is 24.6 Å². The van der Waals surface area contributed by atoms with E-state index in [2.05, 4.69) is 4.98 Å². The average molecular weight is 689 g/mol. The van der Waals surface area contributed by atoms with Crippen molar-refractivity contribution >= 4 is 5.91 Å². The van der Waals surface area contributed by atoms with Gasteiger partial charge in [0, 0.05) is 18.3 Å². The predicted octanol–water partition coefficient (Wildman–Crippen LogP) is 2.32. The fourth-order valence-corrected chi connectivity index (χ4v) is 6.13. The number of carbonyl (C=O) groups is 1. The molecule has 2 heterocycles. The molecule has 50 heavy (non-hydrogen) atoms. The van der Waals surface area contributed by atoms with Crippen molar-refractivity contribution in [1.29, 1.82) is 0 Å². The summed E-state index contributed by atoms with van der Waals surface area (Å²) in [6.45, 7) is 1.81. The first kappa shape index (κ1) is 36.5. The molecule has 0 spiro atoms. The van der Waals surface area contributed by atoms with Gasteiger partial charge in [0.1, 0.15) is 41.5 Å². The Morgan fingerprint density at radius 1 is 0.960 bits per heavy atom. The van der Waals surface area contributed by atoms with Crippen LogP contribution in [0.25, 0.3) is 0 Å². The second-order valence-electron chi connectivity index (χ2n) is 12.4. The molecule has 1 aromatic heterocycles. The molecule has 4 N–H and O–H groups in total. The van der Waals surface area contributed by atoms with Crippen LogP contribution in [0.2, 0.25) is 0 Å². The van der Waals surface area contributed by atoms with Crippen LogP contribution < -0.4 is 26.5 Å². The number of hydrogen-bond acceptors (Lipinski definition) is 10. The van der Waals surface area contributed by atoms with Gasteiger partial charge >= 0.3 is 5.69 Å². The highest BCUT2D eigenvalue weighted by molar-refractivity contribution is 5.78. The minimum Gasteiger partial charge on any atom is -0.497 e. The Kier molecular flexibility index (Phi) is 11.6. The molecular formula is C37H44N4O9. The molecule has 13 nitrogen and oxygen atoms in total. The first-order chi connectivity index (χ1) is 24.0. The van der Waals surface area contributed by atoms with Crippen molar-refractivity contribution in [3.8, 4) is 11.5 Å². The van der Waals surface area contributed by atoms with Gasteiger partial charge in [-0.3, -0.25) is 19.1 Å². The molecule has 1 saturated heterocycles. The quantitative estimate of drug-likeness (QED) is 0.158. The van der Waals surface area contributed by atoms with Crippen molar-refractivity contribution in [3.05, 3.63) is 128 Å². The summed E-state index contributed by atoms with van der Waals surface area (Å²) in [5, 5.41) is 11.8. The predicted molar refractivity (Wildman–Crippen MR) is 185 cm³/mol. The van der Waals surface area contributed by atoms with Crippen LogP contribution in [0.15, 0.2) is 94.6 Å². The zero-order chi connectivity index (χ0) is 36.0. The van der Waals surface area contributed by atoms with Gasteiger partial charge in [-0.15, -0.1) is 0 Å². The number of aliphatic hydroxyl groups excluding tert-OH is 1. The van der Waals surface area contributed by atoms with Crippen LogP contribution in [0.4, 0.5) is 0 Å². The van der Waals surface area contributed by atoms with Crippen molar-refractivity contribution in [2.45, 2.75) is 49.6 Å². The summed E-state index contributed by atoms with van der Waals surface area (Å²) in [6.07, 6.45) is -4.48. The molecule has 0 aliphatic carbocycles. The Labute approximate surface area is 290 Å². The van der Waals surface area contributed by atoms with E-state index in [1.54, 1.807) is 14.2 Å². The molecule has 1 amide bonds. The van der Waals surface area contributed by atoms with Gasteiger partial charge in [0.25, 0.3) is 5.56 Å². The van der Waals surface area contributed by atoms with Crippen LogP contribution in [0.1, 0.15) is 34.9 Å². The number of aryl methyl sites for hydroxylation is 1. The number of H-pyrrole nitrogens is 1. The lowest BCUT2D eigenvalue weighted by Crippen LogP contribution is -2.45. The molecule has 0 saturated carbocycles. The van der Waals surface area contributed by atoms with Crippen LogP contribution >= 0.6 is 0 Å². The van der Waals surface area contributed by atoms with Crippen LogP contribution in [0.3, 0.4) is 0 Å². The molecule has 1 aliphatic heterocycles. The molecule has 5 rings (SSSR count). The third-order valence-corrected chi connectivity index (χ3v) is 8.85. The van der Waals surface area contributed by atoms with Gasteiger partial charge in [-0.25, -0.2) is 4.79 Å². The van der Waals surface area contributed by atoms with Crippen LogP contribution in [0, 0.1) is 6.92 Å². The van der Waals surface area contributed by atoms with Gasteiger partial charge in [0.15, 0.2) is 6.23 Å². The maximum Gasteiger partial charge on any atom is 0.330 e. The van der Waals surface area contributed by atoms with E-state index in [0.29, 0.717) is 18.0 Å². The van der Waals surface area contributed by atoms with E-state index in [1.807, 2.05) is 97.9 Å². The number of benzene rings is 3. The van der Waals surface area contributed by atoms with Crippen LogP contribution in [0.5, 0.6) is 11.5 Å². The molecule has 1 aliphatic rings. The summed E-state index contributed by atoms with van der Waals surface area (Å²) in [6, 6.07) is 24.6. The number of carbonyl (C=O) groups excluding carboxylic acids is 1. The highest BCUT2D eigenvalue weighted by Crippen LogP contribution is 2.43. The van der Waals surface area contributed by atoms with E-state index >= 15 is 0 Å². The Morgan fingerprint density at radius 3 is 2.04 bits per heavy atom. The molecule has 5 atom stereocenters. The molecule has 13 heteroatoms. The van der Waals surface area contributed by atoms with Crippen molar-refractivity contribution in [2.24, 2.45) is 5.73 Å². The van der Waals surface area contributed by atoms with E-state index < -0.39 is 53.4 Å². The minimum absolute atomic E-state index is 0.194. The fourth-order valence-electron chi connectivity index (χ4n) is 6.13. The molecular weight excluding hydrogens is 644 g/mol. The number of nitrogens with two attached hydrogens (primary N) is 1. The highest BCUT2D eigenvalue weighted by Gasteiger charge is 2.49. The fraction of sp³-hybridized carbons (Fsp3) is 0.378. The van der Waals surface area contributed by atoms with E-state index in [-0.39, 0.29) is 18.6 Å². The Balaban J connectivity index is 1.58. The molecule has 0 radical (unpaired) electrons. The van der Waals surface area contributed by atoms with Crippen LogP contribution in [-0.4, -0.2) is 91.3 Å². The summed E-state index contributed by atoms with van der Waals surface area (Å²) >= 11 is 0. The zero-order valence-corrected chi connectivity index (χ0v) is 28.8. The van der Waals surface area contributed by atoms with Gasteiger partial charge in [0.05, 0.1) is 20.8 Å². The lowest BCUT2D eigenvalue weighted by atomic mass is 9.80. The number of aliphatic hydroxyl groups is 1. The smallest absolute Gasteiger partial charge is 0.330 e. The topological polar surface area (TPSA) is 168 Å². The second kappa shape index (κ2) is 15.8. The number of aromatic amines is 1. The number of aromatic nitrogens is 2. The number of primary amides is 1. The monoisotopic (exact) mass is 688 g/mol. The zero-order valence-electron chi connectivity index (χ0n) is 28.8. The highest BCUT2D eigenvalue weighted by atomic mass is 16.6. The first-order valence-electron chi connectivity index (χ1n) is 16.2. The van der Waals surface area contributed by atoms with Crippen molar-refractivity contribution in [1.82, 2.24) is 14.5 Å². The second-order valence-corrected chi connectivity index (χ2v) is 12.4. The van der Waals surface area contributed by atoms with Crippen molar-refractivity contribution in [3.63, 3.8) is 0 Å². The number of amides is 1. The largest absolute Gasteiger partial charge is 0.497 e. The third kappa shape index (κ3) is 7.67. The first-order valence-corrected chi connectivity index (χ1v) is 16.2. The summed E-state index contributed by atoms with van der Waals surface area (Å²) < 4.78 is 31.5. The molecule has 3 aromatic carbocycles. The number of rotatable bonds is 15. The van der Waals surface area contributed by atoms with Gasteiger partial charge in [0.2, 0.25) is 5.91 Å². The van der Waals surface area contributed by atoms with Crippen molar-refractivity contribution in [2.75, 3.05) is 41.5 Å². The molecule has 1 fully saturated rings. The standard InChI is InChI=1S/C37H44N4O9/c1-23-21-41(36(45)39-34(23)44)35-32(49-29(33(38)43)19-20-40(2)3)31(42)30(50-35)22-48-37(24-9-7-6-8-10-24,25-11-15-27(46-4)16-12-25)26-13-17-28(47-5)18-14-26/h6-18,21,29-32,35,42H,19-20,22H2,1-5H3,(H2,38,43)(H,39,44,45)/t29?,30-,31?,32?,35-/m0/s1. The van der Waals surface area contributed by atoms with E-state index in [0.717, 1.165) is 21.3 Å². The number of nitrogens with one attached hydrogen (secondary N) is 1. The van der Waals surface area contributed by atoms with Gasteiger partial charge in [-0.1, -0.05) is 54.6 Å². The number of nitrogens with zero attached hydrogens (tertiary/aromatic N) is 2. The maximum absolute atomic E-state index is 13.1. The summed E-state index contributed by atoms with van der Waals surface area (Å²) in [5.41, 5.74) is 5.71.